The van der Waals surface area contributed by atoms with Crippen LogP contribution in [-0.4, -0.2) is 30.4 Å². The van der Waals surface area contributed by atoms with Crippen molar-refractivity contribution in [1.82, 2.24) is 10.2 Å². The van der Waals surface area contributed by atoms with E-state index in [9.17, 15) is 4.79 Å². The number of amides is 1. The Labute approximate surface area is 104 Å². The third-order valence-electron chi connectivity index (χ3n) is 2.98. The number of nitrogens with one attached hydrogen (secondary N) is 1. The van der Waals surface area contributed by atoms with Crippen LogP contribution in [0.2, 0.25) is 0 Å². The van der Waals surface area contributed by atoms with Gasteiger partial charge in [-0.1, -0.05) is 30.3 Å². The number of carbonyl (C=O) groups is 1. The van der Waals surface area contributed by atoms with Gasteiger partial charge in [0.15, 0.2) is 0 Å². The molecule has 1 N–H and O–H groups in total. The van der Waals surface area contributed by atoms with Gasteiger partial charge in [0.2, 0.25) is 5.91 Å². The van der Waals surface area contributed by atoms with Crippen LogP contribution in [0.15, 0.2) is 30.3 Å². The van der Waals surface area contributed by atoms with Gasteiger partial charge in [0.25, 0.3) is 0 Å². The molecule has 0 fully saturated rings. The van der Waals surface area contributed by atoms with Crippen LogP contribution in [0.3, 0.4) is 0 Å². The van der Waals surface area contributed by atoms with E-state index in [1.54, 1.807) is 0 Å². The van der Waals surface area contributed by atoms with E-state index >= 15 is 0 Å². The highest BCUT2D eigenvalue weighted by Crippen LogP contribution is 2.10. The molecule has 0 heterocycles. The summed E-state index contributed by atoms with van der Waals surface area (Å²) in [6.07, 6.45) is 0. The van der Waals surface area contributed by atoms with E-state index in [-0.39, 0.29) is 11.9 Å². The maximum absolute atomic E-state index is 11.8. The topological polar surface area (TPSA) is 32.3 Å². The molecular weight excluding hydrogens is 212 g/mol. The second-order valence-corrected chi connectivity index (χ2v) is 4.08. The molecule has 0 radical (unpaired) electrons. The van der Waals surface area contributed by atoms with E-state index in [4.69, 9.17) is 0 Å². The SMILES string of the molecule is CCN(CC)C(=O)CN[C@H](C)c1ccccc1. The summed E-state index contributed by atoms with van der Waals surface area (Å²) in [4.78, 5) is 13.6. The van der Waals surface area contributed by atoms with Crippen molar-refractivity contribution in [3.8, 4) is 0 Å². The summed E-state index contributed by atoms with van der Waals surface area (Å²) >= 11 is 0. The molecule has 1 amide bonds. The number of likely N-dealkylation sites (N-methyl/N-ethyl adjacent to an activating group) is 1. The highest BCUT2D eigenvalue weighted by molar-refractivity contribution is 5.78. The Kier molecular flexibility index (Phi) is 5.70. The minimum absolute atomic E-state index is 0.165. The number of rotatable bonds is 6. The quantitative estimate of drug-likeness (QED) is 0.818. The van der Waals surface area contributed by atoms with Crippen molar-refractivity contribution in [1.29, 1.82) is 0 Å². The van der Waals surface area contributed by atoms with Crippen molar-refractivity contribution in [2.24, 2.45) is 0 Å². The minimum Gasteiger partial charge on any atom is -0.342 e. The first-order valence-corrected chi connectivity index (χ1v) is 6.25. The first kappa shape index (κ1) is 13.7. The fraction of sp³-hybridized carbons (Fsp3) is 0.500. The largest absolute Gasteiger partial charge is 0.342 e. The molecular formula is C14H22N2O. The third-order valence-corrected chi connectivity index (χ3v) is 2.98. The predicted octanol–water partition coefficient (Wildman–Crippen LogP) is 2.21. The average molecular weight is 234 g/mol. The van der Waals surface area contributed by atoms with Crippen molar-refractivity contribution in [3.63, 3.8) is 0 Å². The van der Waals surface area contributed by atoms with Crippen LogP contribution < -0.4 is 5.32 Å². The predicted molar refractivity (Wildman–Crippen MR) is 70.8 cm³/mol. The highest BCUT2D eigenvalue weighted by Gasteiger charge is 2.11. The second-order valence-electron chi connectivity index (χ2n) is 4.08. The molecule has 0 saturated heterocycles. The van der Waals surface area contributed by atoms with Gasteiger partial charge in [-0.2, -0.15) is 0 Å². The molecule has 3 heteroatoms. The summed E-state index contributed by atoms with van der Waals surface area (Å²) in [5.41, 5.74) is 1.21. The lowest BCUT2D eigenvalue weighted by atomic mass is 10.1. The molecule has 1 rings (SSSR count). The van der Waals surface area contributed by atoms with Crippen LogP contribution in [0.25, 0.3) is 0 Å². The molecule has 0 aromatic heterocycles. The Hall–Kier alpha value is -1.35. The number of carbonyl (C=O) groups excluding carboxylic acids is 1. The Morgan fingerprint density at radius 2 is 1.82 bits per heavy atom. The van der Waals surface area contributed by atoms with Crippen LogP contribution >= 0.6 is 0 Å². The summed E-state index contributed by atoms with van der Waals surface area (Å²) < 4.78 is 0. The standard InChI is InChI=1S/C14H22N2O/c1-4-16(5-2)14(17)11-15-12(3)13-9-7-6-8-10-13/h6-10,12,15H,4-5,11H2,1-3H3/t12-/m1/s1. The monoisotopic (exact) mass is 234 g/mol. The van der Waals surface area contributed by atoms with Gasteiger partial charge in [0.05, 0.1) is 6.54 Å². The molecule has 1 aromatic carbocycles. The summed E-state index contributed by atoms with van der Waals surface area (Å²) in [5, 5.41) is 3.26. The van der Waals surface area contributed by atoms with Gasteiger partial charge in [-0.3, -0.25) is 4.79 Å². The molecule has 94 valence electrons. The molecule has 17 heavy (non-hydrogen) atoms. The van der Waals surface area contributed by atoms with Crippen molar-refractivity contribution in [2.45, 2.75) is 26.8 Å². The number of nitrogens with zero attached hydrogens (tertiary/aromatic N) is 1. The molecule has 3 nitrogen and oxygen atoms in total. The van der Waals surface area contributed by atoms with Gasteiger partial charge in [0.1, 0.15) is 0 Å². The fourth-order valence-electron chi connectivity index (χ4n) is 1.79. The van der Waals surface area contributed by atoms with Crippen LogP contribution in [0, 0.1) is 0 Å². The Bertz CT molecular complexity index is 333. The lowest BCUT2D eigenvalue weighted by molar-refractivity contribution is -0.129. The van der Waals surface area contributed by atoms with Gasteiger partial charge < -0.3 is 10.2 Å². The maximum Gasteiger partial charge on any atom is 0.236 e. The molecule has 0 aliphatic rings. The molecule has 0 bridgehead atoms. The van der Waals surface area contributed by atoms with Crippen molar-refractivity contribution >= 4 is 5.91 Å². The Morgan fingerprint density at radius 1 is 1.24 bits per heavy atom. The normalized spacial score (nSPS) is 12.2. The van der Waals surface area contributed by atoms with Gasteiger partial charge in [-0.15, -0.1) is 0 Å². The van der Waals surface area contributed by atoms with E-state index in [1.807, 2.05) is 36.9 Å². The molecule has 1 atom stereocenters. The minimum atomic E-state index is 0.165. The van der Waals surface area contributed by atoms with Crippen LogP contribution in [0.4, 0.5) is 0 Å². The maximum atomic E-state index is 11.8. The molecule has 0 aliphatic carbocycles. The van der Waals surface area contributed by atoms with Crippen molar-refractivity contribution in [2.75, 3.05) is 19.6 Å². The zero-order valence-corrected chi connectivity index (χ0v) is 10.9. The molecule has 0 spiro atoms. The summed E-state index contributed by atoms with van der Waals surface area (Å²) in [7, 11) is 0. The summed E-state index contributed by atoms with van der Waals surface area (Å²) in [5.74, 6) is 0.165. The van der Waals surface area contributed by atoms with Crippen molar-refractivity contribution in [3.05, 3.63) is 35.9 Å². The smallest absolute Gasteiger partial charge is 0.236 e. The highest BCUT2D eigenvalue weighted by atomic mass is 16.2. The third kappa shape index (κ3) is 4.19. The average Bonchev–Trinajstić information content (AvgIpc) is 2.38. The lowest BCUT2D eigenvalue weighted by Gasteiger charge is -2.20. The summed E-state index contributed by atoms with van der Waals surface area (Å²) in [6.45, 7) is 8.03. The van der Waals surface area contributed by atoms with E-state index in [1.165, 1.54) is 5.56 Å². The summed E-state index contributed by atoms with van der Waals surface area (Å²) in [6, 6.07) is 10.4. The first-order valence-electron chi connectivity index (χ1n) is 6.25. The zero-order valence-electron chi connectivity index (χ0n) is 10.9. The fourth-order valence-corrected chi connectivity index (χ4v) is 1.79. The van der Waals surface area contributed by atoms with E-state index in [0.717, 1.165) is 13.1 Å². The van der Waals surface area contributed by atoms with E-state index in [0.29, 0.717) is 6.54 Å². The Balaban J connectivity index is 2.43. The molecule has 0 unspecified atom stereocenters. The van der Waals surface area contributed by atoms with Gasteiger partial charge in [-0.25, -0.2) is 0 Å². The number of hydrogen-bond acceptors (Lipinski definition) is 2. The number of benzene rings is 1. The zero-order chi connectivity index (χ0) is 12.7. The lowest BCUT2D eigenvalue weighted by Crippen LogP contribution is -2.38. The first-order chi connectivity index (χ1) is 8.19. The van der Waals surface area contributed by atoms with Gasteiger partial charge in [0, 0.05) is 19.1 Å². The van der Waals surface area contributed by atoms with E-state index in [2.05, 4.69) is 24.4 Å². The molecule has 0 aliphatic heterocycles. The van der Waals surface area contributed by atoms with Crippen LogP contribution in [0.1, 0.15) is 32.4 Å². The molecule has 0 saturated carbocycles. The van der Waals surface area contributed by atoms with Crippen molar-refractivity contribution < 1.29 is 4.79 Å². The van der Waals surface area contributed by atoms with Crippen LogP contribution in [-0.2, 0) is 4.79 Å². The second kappa shape index (κ2) is 7.07. The Morgan fingerprint density at radius 3 is 2.35 bits per heavy atom. The number of hydrogen-bond donors (Lipinski definition) is 1. The van der Waals surface area contributed by atoms with Crippen LogP contribution in [0.5, 0.6) is 0 Å². The van der Waals surface area contributed by atoms with E-state index < -0.39 is 0 Å². The molecule has 1 aromatic rings. The van der Waals surface area contributed by atoms with Gasteiger partial charge in [-0.05, 0) is 26.3 Å². The van der Waals surface area contributed by atoms with Gasteiger partial charge >= 0.3 is 0 Å².